The fourth-order valence-electron chi connectivity index (χ4n) is 2.63. The summed E-state index contributed by atoms with van der Waals surface area (Å²) in [5.41, 5.74) is 6.69. The molecule has 0 amide bonds. The molecule has 3 heterocycles. The minimum absolute atomic E-state index is 0.550. The number of aromatic nitrogens is 4. The van der Waals surface area contributed by atoms with Gasteiger partial charge in [-0.2, -0.15) is 0 Å². The van der Waals surface area contributed by atoms with Gasteiger partial charge in [-0.05, 0) is 25.9 Å². The third kappa shape index (κ3) is 3.30. The highest BCUT2D eigenvalue weighted by Gasteiger charge is 2.11. The van der Waals surface area contributed by atoms with Crippen molar-refractivity contribution in [2.75, 3.05) is 37.2 Å². The van der Waals surface area contributed by atoms with Crippen LogP contribution in [-0.4, -0.2) is 50.6 Å². The van der Waals surface area contributed by atoms with Gasteiger partial charge in [-0.15, -0.1) is 0 Å². The van der Waals surface area contributed by atoms with Gasteiger partial charge >= 0.3 is 0 Å². The van der Waals surface area contributed by atoms with Gasteiger partial charge in [0.2, 0.25) is 0 Å². The van der Waals surface area contributed by atoms with E-state index in [2.05, 4.69) is 25.2 Å². The second-order valence-corrected chi connectivity index (χ2v) is 5.26. The molecule has 3 N–H and O–H groups in total. The summed E-state index contributed by atoms with van der Waals surface area (Å²) in [6, 6.07) is 0. The van der Waals surface area contributed by atoms with Crippen LogP contribution in [0.15, 0.2) is 25.0 Å². The highest BCUT2D eigenvalue weighted by atomic mass is 15.2. The van der Waals surface area contributed by atoms with E-state index in [9.17, 15) is 0 Å². The summed E-state index contributed by atoms with van der Waals surface area (Å²) in [6.07, 6.45) is 10.7. The number of imidazole rings is 1. The second-order valence-electron chi connectivity index (χ2n) is 5.26. The highest BCUT2D eigenvalue weighted by Crippen LogP contribution is 2.20. The smallest absolute Gasteiger partial charge is 0.166 e. The molecule has 0 unspecified atom stereocenters. The largest absolute Gasteiger partial charge is 0.393 e. The zero-order chi connectivity index (χ0) is 14.5. The van der Waals surface area contributed by atoms with E-state index < -0.39 is 0 Å². The van der Waals surface area contributed by atoms with Gasteiger partial charge in [-0.25, -0.2) is 15.0 Å². The number of anilines is 2. The molecule has 7 heteroatoms. The Bertz CT molecular complexity index is 561. The quantitative estimate of drug-likeness (QED) is 0.858. The Labute approximate surface area is 124 Å². The Morgan fingerprint density at radius 1 is 1.19 bits per heavy atom. The molecular weight excluding hydrogens is 266 g/mol. The van der Waals surface area contributed by atoms with Crippen LogP contribution in [0.3, 0.4) is 0 Å². The minimum Gasteiger partial charge on any atom is -0.393 e. The number of nitrogens with one attached hydrogen (secondary N) is 1. The summed E-state index contributed by atoms with van der Waals surface area (Å²) in [4.78, 5) is 14.9. The first-order valence-corrected chi connectivity index (χ1v) is 7.39. The molecule has 0 atom stereocenters. The standard InChI is InChI=1S/C14H21N7/c15-12-13(17-5-8-20-6-2-1-3-7-20)18-10-19-14(12)21-9-4-16-11-21/h4,9-11H,1-3,5-8,15H2,(H,17,18,19). The summed E-state index contributed by atoms with van der Waals surface area (Å²) in [5, 5.41) is 3.31. The molecule has 2 aromatic heterocycles. The minimum atomic E-state index is 0.550. The van der Waals surface area contributed by atoms with Crippen molar-refractivity contribution in [1.82, 2.24) is 24.4 Å². The Morgan fingerprint density at radius 3 is 2.81 bits per heavy atom. The van der Waals surface area contributed by atoms with Crippen LogP contribution in [0.2, 0.25) is 0 Å². The SMILES string of the molecule is Nc1c(NCCN2CCCCC2)ncnc1-n1ccnc1. The monoisotopic (exact) mass is 287 g/mol. The van der Waals surface area contributed by atoms with Crippen molar-refractivity contribution >= 4 is 11.5 Å². The summed E-state index contributed by atoms with van der Waals surface area (Å²) in [6.45, 7) is 4.25. The maximum Gasteiger partial charge on any atom is 0.166 e. The van der Waals surface area contributed by atoms with Crippen LogP contribution in [0, 0.1) is 0 Å². The van der Waals surface area contributed by atoms with E-state index in [-0.39, 0.29) is 0 Å². The van der Waals surface area contributed by atoms with E-state index in [1.807, 2.05) is 6.20 Å². The van der Waals surface area contributed by atoms with Crippen LogP contribution in [0.1, 0.15) is 19.3 Å². The average molecular weight is 287 g/mol. The van der Waals surface area contributed by atoms with Gasteiger partial charge in [0.1, 0.15) is 18.3 Å². The van der Waals surface area contributed by atoms with E-state index in [0.29, 0.717) is 17.3 Å². The fraction of sp³-hybridized carbons (Fsp3) is 0.500. The topological polar surface area (TPSA) is 84.9 Å². The summed E-state index contributed by atoms with van der Waals surface area (Å²) in [7, 11) is 0. The third-order valence-electron chi connectivity index (χ3n) is 3.78. The van der Waals surface area contributed by atoms with Gasteiger partial charge < -0.3 is 16.0 Å². The van der Waals surface area contributed by atoms with Crippen molar-refractivity contribution in [3.05, 3.63) is 25.0 Å². The highest BCUT2D eigenvalue weighted by molar-refractivity contribution is 5.69. The molecule has 0 aliphatic carbocycles. The molecule has 21 heavy (non-hydrogen) atoms. The molecule has 1 saturated heterocycles. The predicted octanol–water partition coefficient (Wildman–Crippen LogP) is 1.14. The van der Waals surface area contributed by atoms with Crippen molar-refractivity contribution in [1.29, 1.82) is 0 Å². The molecular formula is C14H21N7. The molecule has 1 aliphatic rings. The molecule has 0 bridgehead atoms. The predicted molar refractivity (Wildman–Crippen MR) is 82.3 cm³/mol. The lowest BCUT2D eigenvalue weighted by Gasteiger charge is -2.26. The van der Waals surface area contributed by atoms with Crippen molar-refractivity contribution in [3.8, 4) is 5.82 Å². The maximum absolute atomic E-state index is 6.14. The molecule has 1 aliphatic heterocycles. The molecule has 0 radical (unpaired) electrons. The van der Waals surface area contributed by atoms with E-state index in [1.54, 1.807) is 17.1 Å². The van der Waals surface area contributed by atoms with E-state index in [0.717, 1.165) is 13.1 Å². The van der Waals surface area contributed by atoms with Crippen LogP contribution in [0.25, 0.3) is 5.82 Å². The number of nitrogen functional groups attached to an aromatic ring is 1. The molecule has 112 valence electrons. The maximum atomic E-state index is 6.14. The normalized spacial score (nSPS) is 16.0. The molecule has 0 aromatic carbocycles. The molecule has 0 spiro atoms. The van der Waals surface area contributed by atoms with Gasteiger partial charge in [0.25, 0.3) is 0 Å². The van der Waals surface area contributed by atoms with Gasteiger partial charge in [-0.3, -0.25) is 4.57 Å². The van der Waals surface area contributed by atoms with Crippen LogP contribution in [0.5, 0.6) is 0 Å². The fourth-order valence-corrected chi connectivity index (χ4v) is 2.63. The lowest BCUT2D eigenvalue weighted by Crippen LogP contribution is -2.33. The summed E-state index contributed by atoms with van der Waals surface area (Å²) >= 11 is 0. The lowest BCUT2D eigenvalue weighted by molar-refractivity contribution is 0.237. The summed E-state index contributed by atoms with van der Waals surface area (Å²) < 4.78 is 1.78. The Kier molecular flexibility index (Phi) is 4.30. The first-order chi connectivity index (χ1) is 10.3. The number of nitrogens with zero attached hydrogens (tertiary/aromatic N) is 5. The molecule has 3 rings (SSSR count). The van der Waals surface area contributed by atoms with Crippen LogP contribution >= 0.6 is 0 Å². The number of nitrogens with two attached hydrogens (primary N) is 1. The van der Waals surface area contributed by atoms with Gasteiger partial charge in [0.05, 0.1) is 0 Å². The Balaban J connectivity index is 1.61. The van der Waals surface area contributed by atoms with Gasteiger partial charge in [-0.1, -0.05) is 6.42 Å². The third-order valence-corrected chi connectivity index (χ3v) is 3.78. The van der Waals surface area contributed by atoms with Crippen molar-refractivity contribution in [2.45, 2.75) is 19.3 Å². The molecule has 1 fully saturated rings. The number of hydrogen-bond donors (Lipinski definition) is 2. The van der Waals surface area contributed by atoms with Crippen LogP contribution < -0.4 is 11.1 Å². The first kappa shape index (κ1) is 13.8. The number of rotatable bonds is 5. The average Bonchev–Trinajstić information content (AvgIpc) is 3.04. The van der Waals surface area contributed by atoms with Crippen LogP contribution in [-0.2, 0) is 0 Å². The molecule has 7 nitrogen and oxygen atoms in total. The van der Waals surface area contributed by atoms with Crippen molar-refractivity contribution in [2.24, 2.45) is 0 Å². The van der Waals surface area contributed by atoms with E-state index in [4.69, 9.17) is 5.73 Å². The Morgan fingerprint density at radius 2 is 2.05 bits per heavy atom. The zero-order valence-electron chi connectivity index (χ0n) is 12.1. The Hall–Kier alpha value is -2.15. The number of likely N-dealkylation sites (tertiary alicyclic amines) is 1. The lowest BCUT2D eigenvalue weighted by atomic mass is 10.1. The van der Waals surface area contributed by atoms with Crippen molar-refractivity contribution in [3.63, 3.8) is 0 Å². The summed E-state index contributed by atoms with van der Waals surface area (Å²) in [5.74, 6) is 1.34. The van der Waals surface area contributed by atoms with E-state index >= 15 is 0 Å². The van der Waals surface area contributed by atoms with Crippen LogP contribution in [0.4, 0.5) is 11.5 Å². The number of hydrogen-bond acceptors (Lipinski definition) is 6. The van der Waals surface area contributed by atoms with Gasteiger partial charge in [0, 0.05) is 25.5 Å². The van der Waals surface area contributed by atoms with Gasteiger partial charge in [0.15, 0.2) is 11.6 Å². The van der Waals surface area contributed by atoms with Crippen molar-refractivity contribution < 1.29 is 0 Å². The number of piperidine rings is 1. The molecule has 0 saturated carbocycles. The second kappa shape index (κ2) is 6.53. The van der Waals surface area contributed by atoms with E-state index in [1.165, 1.54) is 38.7 Å². The zero-order valence-corrected chi connectivity index (χ0v) is 12.1. The molecule has 2 aromatic rings. The first-order valence-electron chi connectivity index (χ1n) is 7.39.